The maximum Gasteiger partial charge on any atom is 0.167 e. The Hall–Kier alpha value is -1.35. The predicted octanol–water partition coefficient (Wildman–Crippen LogP) is 3.32. The Morgan fingerprint density at radius 1 is 1.00 bits per heavy atom. The highest BCUT2D eigenvalue weighted by Gasteiger charge is 2.28. The summed E-state index contributed by atoms with van der Waals surface area (Å²) in [4.78, 5) is 12.6. The van der Waals surface area contributed by atoms with Crippen LogP contribution >= 0.6 is 0 Å². The molecule has 0 amide bonds. The van der Waals surface area contributed by atoms with Crippen molar-refractivity contribution in [2.24, 2.45) is 11.7 Å². The molecule has 3 nitrogen and oxygen atoms in total. The zero-order valence-corrected chi connectivity index (χ0v) is 11.9. The number of ether oxygens (including phenoxy) is 1. The first-order valence-corrected chi connectivity index (χ1v) is 7.80. The van der Waals surface area contributed by atoms with Crippen LogP contribution in [0.4, 0.5) is 0 Å². The molecule has 20 heavy (non-hydrogen) atoms. The first kappa shape index (κ1) is 13.6. The third-order valence-corrected chi connectivity index (χ3v) is 4.37. The minimum atomic E-state index is -0.00676. The van der Waals surface area contributed by atoms with Gasteiger partial charge in [0, 0.05) is 17.5 Å². The van der Waals surface area contributed by atoms with E-state index in [1.807, 2.05) is 24.3 Å². The quantitative estimate of drug-likeness (QED) is 0.676. The summed E-state index contributed by atoms with van der Waals surface area (Å²) in [5.74, 6) is 1.07. The molecule has 0 aromatic heterocycles. The first-order chi connectivity index (χ1) is 9.74. The average Bonchev–Trinajstić information content (AvgIpc) is 3.27. The Morgan fingerprint density at radius 3 is 2.40 bits per heavy atom. The Kier molecular flexibility index (Phi) is 4.06. The smallest absolute Gasteiger partial charge is 0.167 e. The van der Waals surface area contributed by atoms with Gasteiger partial charge in [0.05, 0.1) is 6.10 Å². The van der Waals surface area contributed by atoms with Gasteiger partial charge in [0.15, 0.2) is 5.78 Å². The summed E-state index contributed by atoms with van der Waals surface area (Å²) >= 11 is 0. The van der Waals surface area contributed by atoms with E-state index < -0.39 is 0 Å². The third kappa shape index (κ3) is 3.21. The molecule has 2 N–H and O–H groups in total. The molecule has 0 heterocycles. The van der Waals surface area contributed by atoms with Crippen LogP contribution < -0.4 is 10.5 Å². The maximum atomic E-state index is 12.6. The first-order valence-electron chi connectivity index (χ1n) is 7.80. The normalized spacial score (nSPS) is 26.9. The second kappa shape index (κ2) is 5.96. The summed E-state index contributed by atoms with van der Waals surface area (Å²) in [5.41, 5.74) is 6.95. The molecule has 0 bridgehead atoms. The van der Waals surface area contributed by atoms with E-state index in [1.165, 1.54) is 6.42 Å². The van der Waals surface area contributed by atoms with Crippen LogP contribution in [0.3, 0.4) is 0 Å². The molecule has 1 aromatic carbocycles. The molecular weight excluding hydrogens is 250 g/mol. The van der Waals surface area contributed by atoms with E-state index in [4.69, 9.17) is 10.5 Å². The third-order valence-electron chi connectivity index (χ3n) is 4.37. The lowest BCUT2D eigenvalue weighted by Gasteiger charge is -2.20. The highest BCUT2D eigenvalue weighted by Crippen LogP contribution is 2.28. The molecule has 3 heteroatoms. The minimum absolute atomic E-state index is 0.00676. The Labute approximate surface area is 120 Å². The van der Waals surface area contributed by atoms with Crippen molar-refractivity contribution in [1.29, 1.82) is 0 Å². The lowest BCUT2D eigenvalue weighted by atomic mass is 9.87. The van der Waals surface area contributed by atoms with Crippen molar-refractivity contribution in [2.75, 3.05) is 0 Å². The molecule has 0 aliphatic heterocycles. The fourth-order valence-corrected chi connectivity index (χ4v) is 2.95. The van der Waals surface area contributed by atoms with Crippen molar-refractivity contribution in [3.63, 3.8) is 0 Å². The van der Waals surface area contributed by atoms with E-state index >= 15 is 0 Å². The van der Waals surface area contributed by atoms with E-state index in [1.54, 1.807) is 0 Å². The molecule has 1 aromatic rings. The summed E-state index contributed by atoms with van der Waals surface area (Å²) in [6.45, 7) is 0. The molecule has 2 aliphatic carbocycles. The molecule has 0 radical (unpaired) electrons. The molecule has 108 valence electrons. The average molecular weight is 273 g/mol. The van der Waals surface area contributed by atoms with E-state index in [0.717, 1.165) is 49.8 Å². The van der Waals surface area contributed by atoms with Gasteiger partial charge in [-0.3, -0.25) is 4.79 Å². The molecule has 2 atom stereocenters. The van der Waals surface area contributed by atoms with E-state index in [2.05, 4.69) is 0 Å². The molecule has 2 fully saturated rings. The number of nitrogens with two attached hydrogens (primary N) is 1. The van der Waals surface area contributed by atoms with E-state index in [9.17, 15) is 4.79 Å². The molecule has 2 saturated carbocycles. The topological polar surface area (TPSA) is 52.3 Å². The molecule has 0 saturated heterocycles. The molecular formula is C17H23NO2. The lowest BCUT2D eigenvalue weighted by molar-refractivity contribution is 0.0894. The summed E-state index contributed by atoms with van der Waals surface area (Å²) < 4.78 is 5.71. The van der Waals surface area contributed by atoms with Crippen LogP contribution in [0.25, 0.3) is 0 Å². The van der Waals surface area contributed by atoms with Gasteiger partial charge in [-0.25, -0.2) is 0 Å². The molecule has 0 spiro atoms. The van der Waals surface area contributed by atoms with Crippen LogP contribution in [-0.2, 0) is 0 Å². The zero-order valence-electron chi connectivity index (χ0n) is 11.9. The number of hydrogen-bond acceptors (Lipinski definition) is 3. The van der Waals surface area contributed by atoms with Crippen molar-refractivity contribution in [1.82, 2.24) is 0 Å². The number of rotatable bonds is 4. The fraction of sp³-hybridized carbons (Fsp3) is 0.588. The highest BCUT2D eigenvalue weighted by atomic mass is 16.5. The Balaban J connectivity index is 1.68. The summed E-state index contributed by atoms with van der Waals surface area (Å²) in [6, 6.07) is 7.61. The van der Waals surface area contributed by atoms with Crippen LogP contribution in [0.15, 0.2) is 24.3 Å². The van der Waals surface area contributed by atoms with Gasteiger partial charge in [0.1, 0.15) is 5.75 Å². The van der Waals surface area contributed by atoms with E-state index in [0.29, 0.717) is 6.10 Å². The fourth-order valence-electron chi connectivity index (χ4n) is 2.95. The maximum absolute atomic E-state index is 12.6. The van der Waals surface area contributed by atoms with Gasteiger partial charge in [-0.05, 0) is 49.9 Å². The van der Waals surface area contributed by atoms with Crippen molar-refractivity contribution < 1.29 is 9.53 Å². The van der Waals surface area contributed by atoms with Crippen molar-refractivity contribution in [3.8, 4) is 5.75 Å². The minimum Gasteiger partial charge on any atom is -0.490 e. The number of Topliss-reactive ketones (excluding diaryl/α,β-unsaturated/α-hetero) is 1. The number of carbonyl (C=O) groups is 1. The second-order valence-corrected chi connectivity index (χ2v) is 6.11. The second-order valence-electron chi connectivity index (χ2n) is 6.11. The summed E-state index contributed by atoms with van der Waals surface area (Å²) in [7, 11) is 0. The van der Waals surface area contributed by atoms with Crippen LogP contribution in [0.1, 0.15) is 55.3 Å². The van der Waals surface area contributed by atoms with E-state index in [-0.39, 0.29) is 17.7 Å². The van der Waals surface area contributed by atoms with Gasteiger partial charge in [0.2, 0.25) is 0 Å². The van der Waals surface area contributed by atoms with Crippen LogP contribution in [0.2, 0.25) is 0 Å². The van der Waals surface area contributed by atoms with Gasteiger partial charge < -0.3 is 10.5 Å². The SMILES string of the molecule is NC1CCCCCC1C(=O)c1ccc(OC2CC2)cc1. The van der Waals surface area contributed by atoms with Gasteiger partial charge in [-0.1, -0.05) is 19.3 Å². The number of ketones is 1. The van der Waals surface area contributed by atoms with Crippen LogP contribution in [0.5, 0.6) is 5.75 Å². The number of carbonyl (C=O) groups excluding carboxylic acids is 1. The largest absolute Gasteiger partial charge is 0.490 e. The number of benzene rings is 1. The Morgan fingerprint density at radius 2 is 1.70 bits per heavy atom. The highest BCUT2D eigenvalue weighted by molar-refractivity contribution is 5.98. The summed E-state index contributed by atoms with van der Waals surface area (Å²) in [6.07, 6.45) is 8.07. The standard InChI is InChI=1S/C17H23NO2/c18-16-5-3-1-2-4-15(16)17(19)12-6-8-13(9-7-12)20-14-10-11-14/h6-9,14-16H,1-5,10-11,18H2. The monoisotopic (exact) mass is 273 g/mol. The van der Waals surface area contributed by atoms with Gasteiger partial charge >= 0.3 is 0 Å². The van der Waals surface area contributed by atoms with Gasteiger partial charge in [0.25, 0.3) is 0 Å². The predicted molar refractivity (Wildman–Crippen MR) is 79.0 cm³/mol. The molecule has 2 aliphatic rings. The number of hydrogen-bond donors (Lipinski definition) is 1. The molecule has 2 unspecified atom stereocenters. The van der Waals surface area contributed by atoms with Crippen LogP contribution in [-0.4, -0.2) is 17.9 Å². The van der Waals surface area contributed by atoms with Crippen LogP contribution in [0, 0.1) is 5.92 Å². The van der Waals surface area contributed by atoms with Crippen molar-refractivity contribution >= 4 is 5.78 Å². The van der Waals surface area contributed by atoms with Crippen molar-refractivity contribution in [3.05, 3.63) is 29.8 Å². The van der Waals surface area contributed by atoms with Crippen molar-refractivity contribution in [2.45, 2.75) is 57.1 Å². The zero-order chi connectivity index (χ0) is 13.9. The Bertz CT molecular complexity index is 464. The lowest BCUT2D eigenvalue weighted by Crippen LogP contribution is -2.34. The molecule has 3 rings (SSSR count). The summed E-state index contributed by atoms with van der Waals surface area (Å²) in [5, 5.41) is 0. The van der Waals surface area contributed by atoms with Gasteiger partial charge in [-0.15, -0.1) is 0 Å². The van der Waals surface area contributed by atoms with Gasteiger partial charge in [-0.2, -0.15) is 0 Å².